The number of benzene rings is 1. The smallest absolute Gasteiger partial charge is 0.404 e. The molecule has 5 heteroatoms. The van der Waals surface area contributed by atoms with E-state index < -0.39 is 6.09 Å². The number of carboxylic acid groups (broad SMARTS) is 1. The minimum atomic E-state index is -0.958. The largest absolute Gasteiger partial charge is 0.465 e. The summed E-state index contributed by atoms with van der Waals surface area (Å²) in [4.78, 5) is 11.0. The molecule has 2 saturated carbocycles. The number of halogens is 1. The number of rotatable bonds is 6. The van der Waals surface area contributed by atoms with Crippen LogP contribution in [0.2, 0.25) is 5.02 Å². The minimum Gasteiger partial charge on any atom is -0.465 e. The molecule has 0 spiro atoms. The van der Waals surface area contributed by atoms with E-state index in [-0.39, 0.29) is 5.41 Å². The molecule has 0 heterocycles. The van der Waals surface area contributed by atoms with Crippen LogP contribution in [0.1, 0.15) is 44.1 Å². The molecule has 3 N–H and O–H groups in total. The Hall–Kier alpha value is -1.26. The molecular weight excluding hydrogens is 312 g/mol. The fourth-order valence-electron chi connectivity index (χ4n) is 3.66. The fraction of sp³-hybridized carbons (Fsp3) is 0.611. The van der Waals surface area contributed by atoms with E-state index in [0.29, 0.717) is 17.6 Å². The predicted molar refractivity (Wildman–Crippen MR) is 92.1 cm³/mol. The van der Waals surface area contributed by atoms with Gasteiger partial charge in [-0.05, 0) is 68.7 Å². The SMILES string of the molecule is O=C(O)NCC1(c2cccc(Cl)c2)CCC(NCC2CC2)CC1. The summed E-state index contributed by atoms with van der Waals surface area (Å²) in [5, 5.41) is 16.0. The molecule has 0 bridgehead atoms. The highest BCUT2D eigenvalue weighted by Gasteiger charge is 2.37. The van der Waals surface area contributed by atoms with Gasteiger partial charge in [0.2, 0.25) is 0 Å². The summed E-state index contributed by atoms with van der Waals surface area (Å²) in [6, 6.07) is 8.45. The molecule has 0 saturated heterocycles. The summed E-state index contributed by atoms with van der Waals surface area (Å²) < 4.78 is 0. The lowest BCUT2D eigenvalue weighted by Crippen LogP contribution is -2.46. The highest BCUT2D eigenvalue weighted by molar-refractivity contribution is 6.30. The zero-order chi connectivity index (χ0) is 16.3. The van der Waals surface area contributed by atoms with E-state index in [1.54, 1.807) is 0 Å². The van der Waals surface area contributed by atoms with Gasteiger partial charge < -0.3 is 15.7 Å². The van der Waals surface area contributed by atoms with Crippen molar-refractivity contribution in [1.29, 1.82) is 0 Å². The summed E-state index contributed by atoms with van der Waals surface area (Å²) in [6.07, 6.45) is 5.91. The van der Waals surface area contributed by atoms with Crippen molar-refractivity contribution < 1.29 is 9.90 Å². The summed E-state index contributed by atoms with van der Waals surface area (Å²) >= 11 is 6.16. The third kappa shape index (κ3) is 4.39. The molecule has 23 heavy (non-hydrogen) atoms. The van der Waals surface area contributed by atoms with Crippen LogP contribution in [-0.4, -0.2) is 30.3 Å². The zero-order valence-corrected chi connectivity index (χ0v) is 14.1. The van der Waals surface area contributed by atoms with Gasteiger partial charge in [-0.25, -0.2) is 4.79 Å². The lowest BCUT2D eigenvalue weighted by atomic mass is 9.68. The Morgan fingerprint density at radius 1 is 1.26 bits per heavy atom. The average molecular weight is 337 g/mol. The standard InChI is InChI=1S/C18H25ClN2O2/c19-15-3-1-2-14(10-15)18(12-21-17(22)23)8-6-16(7-9-18)20-11-13-4-5-13/h1-3,10,13,16,20-21H,4-9,11-12H2,(H,22,23). The van der Waals surface area contributed by atoms with Gasteiger partial charge in [0.05, 0.1) is 0 Å². The Balaban J connectivity index is 1.68. The Morgan fingerprint density at radius 3 is 2.61 bits per heavy atom. The van der Waals surface area contributed by atoms with Crippen molar-refractivity contribution in [2.45, 2.75) is 50.0 Å². The van der Waals surface area contributed by atoms with Crippen LogP contribution in [0.15, 0.2) is 24.3 Å². The molecule has 4 nitrogen and oxygen atoms in total. The Kier molecular flexibility index (Phi) is 5.12. The number of amides is 1. The summed E-state index contributed by atoms with van der Waals surface area (Å²) in [5.41, 5.74) is 1.01. The van der Waals surface area contributed by atoms with Gasteiger partial charge in [0, 0.05) is 23.0 Å². The number of hydrogen-bond donors (Lipinski definition) is 3. The highest BCUT2D eigenvalue weighted by atomic mass is 35.5. The predicted octanol–water partition coefficient (Wildman–Crippen LogP) is 3.79. The van der Waals surface area contributed by atoms with Crippen molar-refractivity contribution in [2.75, 3.05) is 13.1 Å². The molecule has 126 valence electrons. The lowest BCUT2D eigenvalue weighted by molar-refractivity contribution is 0.183. The van der Waals surface area contributed by atoms with Crippen molar-refractivity contribution in [1.82, 2.24) is 10.6 Å². The van der Waals surface area contributed by atoms with Gasteiger partial charge in [-0.15, -0.1) is 0 Å². The molecule has 0 radical (unpaired) electrons. The summed E-state index contributed by atoms with van der Waals surface area (Å²) in [7, 11) is 0. The van der Waals surface area contributed by atoms with Gasteiger partial charge >= 0.3 is 6.09 Å². The second-order valence-corrected chi connectivity index (χ2v) is 7.51. The van der Waals surface area contributed by atoms with E-state index in [2.05, 4.69) is 16.7 Å². The first-order chi connectivity index (χ1) is 11.1. The molecule has 2 fully saturated rings. The van der Waals surface area contributed by atoms with E-state index in [9.17, 15) is 4.79 Å². The fourth-order valence-corrected chi connectivity index (χ4v) is 3.85. The second kappa shape index (κ2) is 7.10. The summed E-state index contributed by atoms with van der Waals surface area (Å²) in [5.74, 6) is 0.892. The molecular formula is C18H25ClN2O2. The number of nitrogens with one attached hydrogen (secondary N) is 2. The van der Waals surface area contributed by atoms with E-state index in [1.165, 1.54) is 12.8 Å². The molecule has 2 aliphatic rings. The van der Waals surface area contributed by atoms with Crippen molar-refractivity contribution >= 4 is 17.7 Å². The van der Waals surface area contributed by atoms with Crippen LogP contribution in [0, 0.1) is 5.92 Å². The van der Waals surface area contributed by atoms with Crippen LogP contribution in [0.25, 0.3) is 0 Å². The first-order valence-electron chi connectivity index (χ1n) is 8.54. The molecule has 1 amide bonds. The second-order valence-electron chi connectivity index (χ2n) is 7.08. The van der Waals surface area contributed by atoms with Crippen LogP contribution < -0.4 is 10.6 Å². The molecule has 1 aromatic rings. The molecule has 0 unspecified atom stereocenters. The molecule has 3 rings (SSSR count). The maximum Gasteiger partial charge on any atom is 0.404 e. The van der Waals surface area contributed by atoms with Crippen LogP contribution in [-0.2, 0) is 5.41 Å². The molecule has 0 atom stereocenters. The van der Waals surface area contributed by atoms with Crippen LogP contribution in [0.3, 0.4) is 0 Å². The first kappa shape index (κ1) is 16.6. The maximum atomic E-state index is 11.0. The van der Waals surface area contributed by atoms with Crippen molar-refractivity contribution in [2.24, 2.45) is 5.92 Å². The van der Waals surface area contributed by atoms with E-state index >= 15 is 0 Å². The van der Waals surface area contributed by atoms with Crippen molar-refractivity contribution in [3.05, 3.63) is 34.9 Å². The minimum absolute atomic E-state index is 0.138. The molecule has 0 aromatic heterocycles. The molecule has 0 aliphatic heterocycles. The maximum absolute atomic E-state index is 11.0. The van der Waals surface area contributed by atoms with Crippen molar-refractivity contribution in [3.8, 4) is 0 Å². The Labute approximate surface area is 142 Å². The normalized spacial score (nSPS) is 27.6. The van der Waals surface area contributed by atoms with Crippen LogP contribution in [0.5, 0.6) is 0 Å². The van der Waals surface area contributed by atoms with E-state index in [4.69, 9.17) is 16.7 Å². The molecule has 1 aromatic carbocycles. The summed E-state index contributed by atoms with van der Waals surface area (Å²) in [6.45, 7) is 1.60. The van der Waals surface area contributed by atoms with Gasteiger partial charge in [-0.3, -0.25) is 0 Å². The van der Waals surface area contributed by atoms with Gasteiger partial charge in [0.25, 0.3) is 0 Å². The first-order valence-corrected chi connectivity index (χ1v) is 8.91. The Morgan fingerprint density at radius 2 is 2.00 bits per heavy atom. The quantitative estimate of drug-likeness (QED) is 0.740. The van der Waals surface area contributed by atoms with Gasteiger partial charge in [-0.1, -0.05) is 23.7 Å². The average Bonchev–Trinajstić information content (AvgIpc) is 3.36. The monoisotopic (exact) mass is 336 g/mol. The third-order valence-electron chi connectivity index (χ3n) is 5.35. The van der Waals surface area contributed by atoms with E-state index in [0.717, 1.165) is 43.7 Å². The number of hydrogen-bond acceptors (Lipinski definition) is 2. The van der Waals surface area contributed by atoms with Crippen molar-refractivity contribution in [3.63, 3.8) is 0 Å². The zero-order valence-electron chi connectivity index (χ0n) is 13.4. The van der Waals surface area contributed by atoms with Gasteiger partial charge in [0.15, 0.2) is 0 Å². The highest BCUT2D eigenvalue weighted by Crippen LogP contribution is 2.40. The Bertz CT molecular complexity index is 552. The van der Waals surface area contributed by atoms with Crippen LogP contribution in [0.4, 0.5) is 4.79 Å². The van der Waals surface area contributed by atoms with Crippen LogP contribution >= 0.6 is 11.6 Å². The lowest BCUT2D eigenvalue weighted by Gasteiger charge is -2.41. The number of carbonyl (C=O) groups is 1. The third-order valence-corrected chi connectivity index (χ3v) is 5.58. The van der Waals surface area contributed by atoms with Gasteiger partial charge in [-0.2, -0.15) is 0 Å². The topological polar surface area (TPSA) is 61.4 Å². The van der Waals surface area contributed by atoms with E-state index in [1.807, 2.05) is 18.2 Å². The van der Waals surface area contributed by atoms with Gasteiger partial charge in [0.1, 0.15) is 0 Å². The molecule has 2 aliphatic carbocycles.